The van der Waals surface area contributed by atoms with Crippen molar-refractivity contribution in [2.24, 2.45) is 0 Å². The first-order valence-corrected chi connectivity index (χ1v) is 4.96. The lowest BCUT2D eigenvalue weighted by atomic mass is 10.1. The van der Waals surface area contributed by atoms with Crippen molar-refractivity contribution < 1.29 is 4.52 Å². The number of anilines is 1. The summed E-state index contributed by atoms with van der Waals surface area (Å²) in [4.78, 5) is 0. The summed E-state index contributed by atoms with van der Waals surface area (Å²) in [6.07, 6.45) is 10.7. The summed E-state index contributed by atoms with van der Waals surface area (Å²) in [5.41, 5.74) is 8.27. The average Bonchev–Trinajstić information content (AvgIpc) is 2.56. The smallest absolute Gasteiger partial charge is 0.225 e. The van der Waals surface area contributed by atoms with Gasteiger partial charge in [0.05, 0.1) is 12.3 Å². The van der Waals surface area contributed by atoms with Crippen LogP contribution in [0, 0.1) is 11.3 Å². The third-order valence-electron chi connectivity index (χ3n) is 2.39. The molecule has 1 aliphatic rings. The van der Waals surface area contributed by atoms with E-state index >= 15 is 0 Å². The van der Waals surface area contributed by atoms with E-state index in [1.807, 2.05) is 18.2 Å². The maximum atomic E-state index is 8.77. The van der Waals surface area contributed by atoms with E-state index in [1.165, 1.54) is 0 Å². The van der Waals surface area contributed by atoms with Crippen molar-refractivity contribution in [2.75, 3.05) is 5.73 Å². The standard InChI is InChI=1S/C12H11N3O/c13-7-10-3-1-2-9(4-5-10)6-11-8-15-16-12(11)14/h2-5,8H,1,6,14H2. The number of aromatic nitrogens is 1. The Morgan fingerprint density at radius 3 is 3.00 bits per heavy atom. The Labute approximate surface area is 93.3 Å². The highest BCUT2D eigenvalue weighted by Crippen LogP contribution is 2.18. The highest BCUT2D eigenvalue weighted by atomic mass is 16.5. The number of nitrogens with zero attached hydrogens (tertiary/aromatic N) is 2. The van der Waals surface area contributed by atoms with Gasteiger partial charge in [-0.05, 0) is 18.1 Å². The lowest BCUT2D eigenvalue weighted by molar-refractivity contribution is 0.436. The summed E-state index contributed by atoms with van der Waals surface area (Å²) in [6.45, 7) is 0. The van der Waals surface area contributed by atoms with E-state index in [0.717, 1.165) is 17.6 Å². The lowest BCUT2D eigenvalue weighted by Crippen LogP contribution is -1.91. The molecule has 0 saturated carbocycles. The summed E-state index contributed by atoms with van der Waals surface area (Å²) in [6, 6.07) is 2.12. The van der Waals surface area contributed by atoms with E-state index in [1.54, 1.807) is 6.20 Å². The van der Waals surface area contributed by atoms with Crippen molar-refractivity contribution in [3.63, 3.8) is 0 Å². The summed E-state index contributed by atoms with van der Waals surface area (Å²) in [5.74, 6) is 0.354. The van der Waals surface area contributed by atoms with Crippen LogP contribution in [0.4, 0.5) is 5.88 Å². The quantitative estimate of drug-likeness (QED) is 0.816. The number of nitrogen functional groups attached to an aromatic ring is 1. The van der Waals surface area contributed by atoms with Crippen LogP contribution in [0.25, 0.3) is 0 Å². The third-order valence-corrected chi connectivity index (χ3v) is 2.39. The molecule has 1 aromatic heterocycles. The second-order valence-electron chi connectivity index (χ2n) is 3.51. The Kier molecular flexibility index (Phi) is 2.88. The minimum atomic E-state index is 0.354. The molecule has 0 fully saturated rings. The van der Waals surface area contributed by atoms with Gasteiger partial charge in [-0.1, -0.05) is 23.4 Å². The molecule has 2 rings (SSSR count). The van der Waals surface area contributed by atoms with Gasteiger partial charge in [0.2, 0.25) is 5.88 Å². The molecule has 0 atom stereocenters. The van der Waals surface area contributed by atoms with Crippen molar-refractivity contribution in [2.45, 2.75) is 12.8 Å². The molecule has 0 aromatic carbocycles. The number of rotatable bonds is 2. The predicted molar refractivity (Wildman–Crippen MR) is 60.2 cm³/mol. The van der Waals surface area contributed by atoms with Crippen LogP contribution in [0.5, 0.6) is 0 Å². The highest BCUT2D eigenvalue weighted by molar-refractivity contribution is 5.44. The van der Waals surface area contributed by atoms with Gasteiger partial charge < -0.3 is 10.3 Å². The SMILES string of the molecule is N#CC1=CCC=C(Cc2cnoc2N)C=C1. The molecule has 0 amide bonds. The first-order chi connectivity index (χ1) is 7.79. The normalized spacial score (nSPS) is 14.9. The minimum absolute atomic E-state index is 0.354. The Morgan fingerprint density at radius 2 is 2.31 bits per heavy atom. The topological polar surface area (TPSA) is 75.8 Å². The molecule has 0 bridgehead atoms. The van der Waals surface area contributed by atoms with Gasteiger partial charge in [0.1, 0.15) is 0 Å². The lowest BCUT2D eigenvalue weighted by Gasteiger charge is -1.98. The molecule has 0 radical (unpaired) electrons. The number of nitriles is 1. The van der Waals surface area contributed by atoms with Crippen LogP contribution in [0.1, 0.15) is 12.0 Å². The monoisotopic (exact) mass is 213 g/mol. The van der Waals surface area contributed by atoms with Gasteiger partial charge >= 0.3 is 0 Å². The molecule has 4 heteroatoms. The third kappa shape index (κ3) is 2.20. The van der Waals surface area contributed by atoms with Crippen molar-refractivity contribution >= 4 is 5.88 Å². The number of hydrogen-bond donors (Lipinski definition) is 1. The van der Waals surface area contributed by atoms with E-state index in [9.17, 15) is 0 Å². The highest BCUT2D eigenvalue weighted by Gasteiger charge is 2.06. The number of hydrogen-bond acceptors (Lipinski definition) is 4. The van der Waals surface area contributed by atoms with Gasteiger partial charge in [-0.15, -0.1) is 0 Å². The van der Waals surface area contributed by atoms with Crippen molar-refractivity contribution in [1.29, 1.82) is 5.26 Å². The van der Waals surface area contributed by atoms with Crippen LogP contribution >= 0.6 is 0 Å². The van der Waals surface area contributed by atoms with Gasteiger partial charge in [0, 0.05) is 17.6 Å². The zero-order chi connectivity index (χ0) is 11.4. The molecule has 0 spiro atoms. The van der Waals surface area contributed by atoms with Gasteiger partial charge in [-0.25, -0.2) is 0 Å². The first kappa shape index (κ1) is 10.2. The fourth-order valence-electron chi connectivity index (χ4n) is 1.51. The molecular formula is C12H11N3O. The van der Waals surface area contributed by atoms with Crippen LogP contribution in [-0.4, -0.2) is 5.16 Å². The Morgan fingerprint density at radius 1 is 1.44 bits per heavy atom. The molecule has 1 aliphatic carbocycles. The van der Waals surface area contributed by atoms with Gasteiger partial charge in [0.15, 0.2) is 0 Å². The summed E-state index contributed by atoms with van der Waals surface area (Å²) >= 11 is 0. The second kappa shape index (κ2) is 4.49. The minimum Gasteiger partial charge on any atom is -0.367 e. The predicted octanol–water partition coefficient (Wildman–Crippen LogP) is 2.14. The van der Waals surface area contributed by atoms with E-state index in [0.29, 0.717) is 17.9 Å². The van der Waals surface area contributed by atoms with E-state index in [4.69, 9.17) is 15.5 Å². The fourth-order valence-corrected chi connectivity index (χ4v) is 1.51. The number of nitrogens with two attached hydrogens (primary N) is 1. The molecular weight excluding hydrogens is 202 g/mol. The zero-order valence-electron chi connectivity index (χ0n) is 8.68. The fraction of sp³-hybridized carbons (Fsp3) is 0.167. The largest absolute Gasteiger partial charge is 0.367 e. The molecule has 80 valence electrons. The first-order valence-electron chi connectivity index (χ1n) is 4.96. The van der Waals surface area contributed by atoms with Crippen LogP contribution in [-0.2, 0) is 6.42 Å². The molecule has 0 saturated heterocycles. The molecule has 0 unspecified atom stereocenters. The van der Waals surface area contributed by atoms with Gasteiger partial charge in [-0.3, -0.25) is 0 Å². The Balaban J connectivity index is 2.12. The maximum Gasteiger partial charge on any atom is 0.225 e. The molecule has 4 nitrogen and oxygen atoms in total. The van der Waals surface area contributed by atoms with E-state index < -0.39 is 0 Å². The van der Waals surface area contributed by atoms with Crippen molar-refractivity contribution in [3.8, 4) is 6.07 Å². The summed E-state index contributed by atoms with van der Waals surface area (Å²) < 4.78 is 4.79. The molecule has 0 aliphatic heterocycles. The molecule has 2 N–H and O–H groups in total. The van der Waals surface area contributed by atoms with E-state index in [-0.39, 0.29) is 0 Å². The summed E-state index contributed by atoms with van der Waals surface area (Å²) in [5, 5.41) is 12.4. The second-order valence-corrected chi connectivity index (χ2v) is 3.51. The Bertz CT molecular complexity index is 515. The van der Waals surface area contributed by atoms with E-state index in [2.05, 4.69) is 17.3 Å². The Hall–Kier alpha value is -2.28. The van der Waals surface area contributed by atoms with Crippen LogP contribution < -0.4 is 5.73 Å². The molecule has 1 heterocycles. The van der Waals surface area contributed by atoms with Gasteiger partial charge in [0.25, 0.3) is 0 Å². The molecule has 16 heavy (non-hydrogen) atoms. The summed E-state index contributed by atoms with van der Waals surface area (Å²) in [7, 11) is 0. The van der Waals surface area contributed by atoms with Crippen molar-refractivity contribution in [1.82, 2.24) is 5.16 Å². The molecule has 1 aromatic rings. The van der Waals surface area contributed by atoms with Crippen LogP contribution in [0.15, 0.2) is 46.2 Å². The van der Waals surface area contributed by atoms with Crippen LogP contribution in [0.3, 0.4) is 0 Å². The van der Waals surface area contributed by atoms with Gasteiger partial charge in [-0.2, -0.15) is 5.26 Å². The zero-order valence-corrected chi connectivity index (χ0v) is 8.68. The average molecular weight is 213 g/mol. The number of allylic oxidation sites excluding steroid dienone is 6. The van der Waals surface area contributed by atoms with Crippen LogP contribution in [0.2, 0.25) is 0 Å². The maximum absolute atomic E-state index is 8.77. The van der Waals surface area contributed by atoms with Crippen molar-refractivity contribution in [3.05, 3.63) is 47.2 Å².